The highest BCUT2D eigenvalue weighted by atomic mass is 32.1. The molecule has 1 N–H and O–H groups in total. The predicted octanol–water partition coefficient (Wildman–Crippen LogP) is 3.03. The fraction of sp³-hybridized carbons (Fsp3) is 0.667. The molecular weight excluding hydrogens is 190 g/mol. The van der Waals surface area contributed by atoms with Gasteiger partial charge in [0.15, 0.2) is 0 Å². The van der Waals surface area contributed by atoms with Crippen LogP contribution < -0.4 is 5.32 Å². The van der Waals surface area contributed by atoms with Crippen LogP contribution in [-0.4, -0.2) is 6.04 Å². The van der Waals surface area contributed by atoms with Crippen LogP contribution in [0, 0.1) is 11.8 Å². The second-order valence-electron chi connectivity index (χ2n) is 4.74. The van der Waals surface area contributed by atoms with Gasteiger partial charge in [-0.05, 0) is 42.5 Å². The Morgan fingerprint density at radius 1 is 1.36 bits per heavy atom. The summed E-state index contributed by atoms with van der Waals surface area (Å²) < 4.78 is 0. The minimum atomic E-state index is 0.829. The molecule has 0 amide bonds. The molecule has 2 bridgehead atoms. The van der Waals surface area contributed by atoms with E-state index in [2.05, 4.69) is 22.8 Å². The molecular formula is C12H17NS. The van der Waals surface area contributed by atoms with Crippen LogP contribution in [-0.2, 0) is 6.54 Å². The van der Waals surface area contributed by atoms with Crippen LogP contribution in [0.5, 0.6) is 0 Å². The Bertz CT molecular complexity index is 293. The highest BCUT2D eigenvalue weighted by Crippen LogP contribution is 2.44. The van der Waals surface area contributed by atoms with Gasteiger partial charge in [-0.2, -0.15) is 0 Å². The van der Waals surface area contributed by atoms with Gasteiger partial charge in [-0.1, -0.05) is 12.5 Å². The molecule has 1 aromatic heterocycles. The van der Waals surface area contributed by atoms with Gasteiger partial charge in [0.2, 0.25) is 0 Å². The van der Waals surface area contributed by atoms with E-state index < -0.39 is 0 Å². The fourth-order valence-corrected chi connectivity index (χ4v) is 3.80. The molecule has 0 spiro atoms. The van der Waals surface area contributed by atoms with Crippen molar-refractivity contribution in [1.29, 1.82) is 0 Å². The van der Waals surface area contributed by atoms with Crippen LogP contribution in [0.25, 0.3) is 0 Å². The van der Waals surface area contributed by atoms with E-state index in [0.29, 0.717) is 0 Å². The monoisotopic (exact) mass is 207 g/mol. The first-order valence-electron chi connectivity index (χ1n) is 5.67. The van der Waals surface area contributed by atoms with Gasteiger partial charge in [0.05, 0.1) is 0 Å². The van der Waals surface area contributed by atoms with E-state index >= 15 is 0 Å². The van der Waals surface area contributed by atoms with Crippen LogP contribution in [0.3, 0.4) is 0 Å². The zero-order chi connectivity index (χ0) is 9.38. The van der Waals surface area contributed by atoms with Gasteiger partial charge in [-0.25, -0.2) is 0 Å². The Labute approximate surface area is 89.5 Å². The van der Waals surface area contributed by atoms with Gasteiger partial charge in [0.1, 0.15) is 0 Å². The highest BCUT2D eigenvalue weighted by Gasteiger charge is 2.38. The molecule has 1 heterocycles. The minimum Gasteiger partial charge on any atom is -0.309 e. The lowest BCUT2D eigenvalue weighted by Gasteiger charge is -2.22. The number of nitrogens with one attached hydrogen (secondary N) is 1. The minimum absolute atomic E-state index is 0.829. The Hall–Kier alpha value is -0.340. The third kappa shape index (κ3) is 1.61. The zero-order valence-corrected chi connectivity index (χ0v) is 9.22. The van der Waals surface area contributed by atoms with Crippen LogP contribution in [0.4, 0.5) is 0 Å². The average molecular weight is 207 g/mol. The second-order valence-corrected chi connectivity index (χ2v) is 5.77. The number of hydrogen-bond donors (Lipinski definition) is 1. The lowest BCUT2D eigenvalue weighted by molar-refractivity contribution is 0.351. The molecule has 0 saturated heterocycles. The molecule has 0 unspecified atom stereocenters. The summed E-state index contributed by atoms with van der Waals surface area (Å²) in [6.07, 6.45) is 5.92. The van der Waals surface area contributed by atoms with Gasteiger partial charge in [0.25, 0.3) is 0 Å². The summed E-state index contributed by atoms with van der Waals surface area (Å²) in [7, 11) is 0. The summed E-state index contributed by atoms with van der Waals surface area (Å²) in [6.45, 7) is 1.09. The maximum Gasteiger partial charge on any atom is 0.0302 e. The first-order chi connectivity index (χ1) is 6.92. The van der Waals surface area contributed by atoms with Crippen LogP contribution >= 0.6 is 11.3 Å². The van der Waals surface area contributed by atoms with E-state index in [1.54, 1.807) is 0 Å². The summed E-state index contributed by atoms with van der Waals surface area (Å²) >= 11 is 1.86. The van der Waals surface area contributed by atoms with Crippen LogP contribution in [0.1, 0.15) is 30.6 Å². The third-order valence-electron chi connectivity index (χ3n) is 3.86. The van der Waals surface area contributed by atoms with Crippen molar-refractivity contribution in [2.45, 2.75) is 38.3 Å². The molecule has 0 radical (unpaired) electrons. The van der Waals surface area contributed by atoms with Gasteiger partial charge < -0.3 is 5.32 Å². The molecule has 76 valence electrons. The molecule has 0 aliphatic heterocycles. The SMILES string of the molecule is c1csc(CN[C@H]2C[C@@H]3CC[C@@H]2C3)c1. The third-order valence-corrected chi connectivity index (χ3v) is 4.73. The largest absolute Gasteiger partial charge is 0.309 e. The Morgan fingerprint density at radius 2 is 2.36 bits per heavy atom. The number of hydrogen-bond acceptors (Lipinski definition) is 2. The Kier molecular flexibility index (Phi) is 2.34. The first kappa shape index (κ1) is 8.93. The summed E-state index contributed by atoms with van der Waals surface area (Å²) in [5.41, 5.74) is 0. The lowest BCUT2D eigenvalue weighted by Crippen LogP contribution is -2.33. The van der Waals surface area contributed by atoms with Gasteiger partial charge in [-0.15, -0.1) is 11.3 Å². The normalized spacial score (nSPS) is 35.3. The smallest absolute Gasteiger partial charge is 0.0302 e. The Balaban J connectivity index is 1.54. The van der Waals surface area contributed by atoms with E-state index in [4.69, 9.17) is 0 Å². The maximum absolute atomic E-state index is 3.73. The number of fused-ring (bicyclic) bond motifs is 2. The molecule has 2 heteroatoms. The van der Waals surface area contributed by atoms with Crippen molar-refractivity contribution in [1.82, 2.24) is 5.32 Å². The van der Waals surface area contributed by atoms with Crippen LogP contribution in [0.15, 0.2) is 17.5 Å². The zero-order valence-electron chi connectivity index (χ0n) is 8.41. The van der Waals surface area contributed by atoms with Crippen LogP contribution in [0.2, 0.25) is 0 Å². The molecule has 2 aliphatic carbocycles. The molecule has 0 aromatic carbocycles. The lowest BCUT2D eigenvalue weighted by atomic mass is 9.95. The summed E-state index contributed by atoms with van der Waals surface area (Å²) in [4.78, 5) is 1.48. The molecule has 2 aliphatic rings. The van der Waals surface area contributed by atoms with Crippen molar-refractivity contribution >= 4 is 11.3 Å². The fourth-order valence-electron chi connectivity index (χ4n) is 3.14. The molecule has 1 nitrogen and oxygen atoms in total. The number of thiophene rings is 1. The Morgan fingerprint density at radius 3 is 3.00 bits per heavy atom. The molecule has 1 aromatic rings. The molecule has 2 saturated carbocycles. The van der Waals surface area contributed by atoms with Crippen molar-refractivity contribution in [3.8, 4) is 0 Å². The standard InChI is InChI=1S/C12H17NS/c1-2-11(14-5-1)8-13-12-7-9-3-4-10(12)6-9/h1-2,5,9-10,12-13H,3-4,6-8H2/t9-,10-,12+/m1/s1. The summed E-state index contributed by atoms with van der Waals surface area (Å²) in [5, 5.41) is 5.89. The molecule has 2 fully saturated rings. The van der Waals surface area contributed by atoms with Gasteiger partial charge >= 0.3 is 0 Å². The van der Waals surface area contributed by atoms with Crippen molar-refractivity contribution in [3.63, 3.8) is 0 Å². The van der Waals surface area contributed by atoms with E-state index in [9.17, 15) is 0 Å². The highest BCUT2D eigenvalue weighted by molar-refractivity contribution is 7.09. The van der Waals surface area contributed by atoms with E-state index in [-0.39, 0.29) is 0 Å². The van der Waals surface area contributed by atoms with Crippen molar-refractivity contribution < 1.29 is 0 Å². The summed E-state index contributed by atoms with van der Waals surface area (Å²) in [6, 6.07) is 5.20. The summed E-state index contributed by atoms with van der Waals surface area (Å²) in [5.74, 6) is 2.06. The number of rotatable bonds is 3. The second kappa shape index (κ2) is 3.67. The van der Waals surface area contributed by atoms with Crippen molar-refractivity contribution in [2.24, 2.45) is 11.8 Å². The van der Waals surface area contributed by atoms with Gasteiger partial charge in [-0.3, -0.25) is 0 Å². The van der Waals surface area contributed by atoms with Crippen molar-refractivity contribution in [3.05, 3.63) is 22.4 Å². The maximum atomic E-state index is 3.73. The quantitative estimate of drug-likeness (QED) is 0.803. The average Bonchev–Trinajstić information content (AvgIpc) is 2.91. The first-order valence-corrected chi connectivity index (χ1v) is 6.55. The van der Waals surface area contributed by atoms with E-state index in [1.165, 1.54) is 30.6 Å². The van der Waals surface area contributed by atoms with Crippen molar-refractivity contribution in [2.75, 3.05) is 0 Å². The van der Waals surface area contributed by atoms with E-state index in [0.717, 1.165) is 24.4 Å². The molecule has 3 rings (SSSR count). The topological polar surface area (TPSA) is 12.0 Å². The van der Waals surface area contributed by atoms with Gasteiger partial charge in [0, 0.05) is 17.5 Å². The molecule has 3 atom stereocenters. The van der Waals surface area contributed by atoms with E-state index in [1.807, 2.05) is 11.3 Å². The predicted molar refractivity (Wildman–Crippen MR) is 60.4 cm³/mol. The molecule has 14 heavy (non-hydrogen) atoms.